The van der Waals surface area contributed by atoms with Crippen LogP contribution < -0.4 is 16.0 Å². The van der Waals surface area contributed by atoms with Crippen molar-refractivity contribution in [3.8, 4) is 5.75 Å². The van der Waals surface area contributed by atoms with E-state index in [1.54, 1.807) is 22.6 Å². The summed E-state index contributed by atoms with van der Waals surface area (Å²) in [4.78, 5) is 13.3. The van der Waals surface area contributed by atoms with Gasteiger partial charge in [0.1, 0.15) is 0 Å². The van der Waals surface area contributed by atoms with Crippen molar-refractivity contribution in [3.63, 3.8) is 0 Å². The minimum Gasteiger partial charge on any atom is -0.400 e. The number of rotatable bonds is 2. The third kappa shape index (κ3) is 3.38. The van der Waals surface area contributed by atoms with Crippen LogP contribution in [0.3, 0.4) is 0 Å². The van der Waals surface area contributed by atoms with Gasteiger partial charge in [-0.2, -0.15) is 0 Å². The molecule has 1 heterocycles. The quantitative estimate of drug-likeness (QED) is 0.634. The van der Waals surface area contributed by atoms with Gasteiger partial charge in [0, 0.05) is 12.1 Å². The molecule has 3 N–H and O–H groups in total. The largest absolute Gasteiger partial charge is 0.573 e. The average molecular weight is 334 g/mol. The maximum atomic E-state index is 11.9. The minimum atomic E-state index is -4.90. The Morgan fingerprint density at radius 1 is 1.53 bits per heavy atom. The topological polar surface area (TPSA) is 68.1 Å². The summed E-state index contributed by atoms with van der Waals surface area (Å²) >= 11 is 1.76. The van der Waals surface area contributed by atoms with E-state index in [1.807, 2.05) is 0 Å². The monoisotopic (exact) mass is 334 g/mol. The Balaban J connectivity index is 3.22. The summed E-state index contributed by atoms with van der Waals surface area (Å²) < 4.78 is 39.7. The lowest BCUT2D eigenvalue weighted by molar-refractivity contribution is -0.275. The molecule has 0 saturated carbocycles. The molecule has 0 amide bonds. The molecular weight excluding hydrogens is 328 g/mol. The van der Waals surface area contributed by atoms with Gasteiger partial charge >= 0.3 is 6.36 Å². The maximum absolute atomic E-state index is 11.9. The number of nitrogens with one attached hydrogen (secondary N) is 1. The van der Waals surface area contributed by atoms with Crippen LogP contribution in [0.4, 0.5) is 13.2 Å². The highest BCUT2D eigenvalue weighted by Crippen LogP contribution is 2.23. The SMILES string of the molecule is NCc1cc(I)[nH]c(=O)c1OC(F)(F)F. The number of alkyl halides is 3. The first-order valence-corrected chi connectivity index (χ1v) is 4.79. The average Bonchev–Trinajstić information content (AvgIpc) is 2.07. The molecule has 0 saturated heterocycles. The van der Waals surface area contributed by atoms with Gasteiger partial charge in [-0.3, -0.25) is 4.79 Å². The molecule has 4 nitrogen and oxygen atoms in total. The van der Waals surface area contributed by atoms with Crippen LogP contribution in [0.15, 0.2) is 10.9 Å². The van der Waals surface area contributed by atoms with Gasteiger partial charge in [0.15, 0.2) is 5.75 Å². The summed E-state index contributed by atoms with van der Waals surface area (Å²) in [6.07, 6.45) is -4.90. The van der Waals surface area contributed by atoms with Crippen molar-refractivity contribution < 1.29 is 17.9 Å². The fraction of sp³-hybridized carbons (Fsp3) is 0.286. The summed E-state index contributed by atoms with van der Waals surface area (Å²) in [5.41, 5.74) is 4.27. The van der Waals surface area contributed by atoms with E-state index in [4.69, 9.17) is 5.73 Å². The number of nitrogens with two attached hydrogens (primary N) is 1. The van der Waals surface area contributed by atoms with Crippen LogP contribution in [0.25, 0.3) is 0 Å². The van der Waals surface area contributed by atoms with Gasteiger partial charge < -0.3 is 15.5 Å². The van der Waals surface area contributed by atoms with Crippen molar-refractivity contribution in [3.05, 3.63) is 25.7 Å². The minimum absolute atomic E-state index is 0.0143. The number of hydrogen-bond acceptors (Lipinski definition) is 3. The first-order chi connectivity index (χ1) is 6.83. The Labute approximate surface area is 95.8 Å². The molecule has 15 heavy (non-hydrogen) atoms. The van der Waals surface area contributed by atoms with E-state index < -0.39 is 17.7 Å². The lowest BCUT2D eigenvalue weighted by Crippen LogP contribution is -2.25. The molecular formula is C7H6F3IN2O2. The number of pyridine rings is 1. The number of H-pyrrole nitrogens is 1. The van der Waals surface area contributed by atoms with E-state index in [9.17, 15) is 18.0 Å². The Kier molecular flexibility index (Phi) is 3.60. The molecule has 0 aliphatic carbocycles. The van der Waals surface area contributed by atoms with E-state index in [0.29, 0.717) is 3.70 Å². The van der Waals surface area contributed by atoms with E-state index in [1.165, 1.54) is 6.07 Å². The van der Waals surface area contributed by atoms with Gasteiger partial charge in [-0.25, -0.2) is 0 Å². The summed E-state index contributed by atoms with van der Waals surface area (Å²) in [5.74, 6) is -0.801. The predicted molar refractivity (Wildman–Crippen MR) is 54.4 cm³/mol. The van der Waals surface area contributed by atoms with Crippen molar-refractivity contribution in [1.29, 1.82) is 0 Å². The molecule has 1 aromatic rings. The number of hydrogen-bond donors (Lipinski definition) is 2. The third-order valence-electron chi connectivity index (χ3n) is 1.47. The third-order valence-corrected chi connectivity index (χ3v) is 2.05. The summed E-state index contributed by atoms with van der Waals surface area (Å²) in [7, 11) is 0. The molecule has 84 valence electrons. The fourth-order valence-corrected chi connectivity index (χ4v) is 1.57. The smallest absolute Gasteiger partial charge is 0.400 e. The van der Waals surface area contributed by atoms with Crippen molar-refractivity contribution in [2.45, 2.75) is 12.9 Å². The van der Waals surface area contributed by atoms with Crippen LogP contribution in [-0.4, -0.2) is 11.3 Å². The number of aromatic nitrogens is 1. The lowest BCUT2D eigenvalue weighted by Gasteiger charge is -2.11. The molecule has 0 bridgehead atoms. The molecule has 0 aliphatic rings. The second-order valence-electron chi connectivity index (χ2n) is 2.55. The zero-order valence-electron chi connectivity index (χ0n) is 7.19. The van der Waals surface area contributed by atoms with Gasteiger partial charge in [0.05, 0.1) is 3.70 Å². The Bertz CT molecular complexity index is 416. The molecule has 0 radical (unpaired) electrons. The van der Waals surface area contributed by atoms with Crippen molar-refractivity contribution in [1.82, 2.24) is 4.98 Å². The van der Waals surface area contributed by atoms with Crippen LogP contribution >= 0.6 is 22.6 Å². The van der Waals surface area contributed by atoms with Crippen molar-refractivity contribution in [2.75, 3.05) is 0 Å². The maximum Gasteiger partial charge on any atom is 0.573 e. The standard InChI is InChI=1S/C7H6F3IN2O2/c8-7(9,10)15-5-3(2-12)1-4(11)13-6(5)14/h1H,2,12H2,(H,13,14). The van der Waals surface area contributed by atoms with Crippen LogP contribution in [0.2, 0.25) is 0 Å². The Hall–Kier alpha value is -0.770. The molecule has 0 aliphatic heterocycles. The molecule has 8 heteroatoms. The predicted octanol–water partition coefficient (Wildman–Crippen LogP) is 1.34. The normalized spacial score (nSPS) is 11.5. The lowest BCUT2D eigenvalue weighted by atomic mass is 10.2. The number of ether oxygens (including phenoxy) is 1. The highest BCUT2D eigenvalue weighted by molar-refractivity contribution is 14.1. The van der Waals surface area contributed by atoms with Crippen LogP contribution in [0.5, 0.6) is 5.75 Å². The van der Waals surface area contributed by atoms with Crippen LogP contribution in [-0.2, 0) is 6.54 Å². The molecule has 1 rings (SSSR count). The highest BCUT2D eigenvalue weighted by Gasteiger charge is 2.33. The molecule has 1 aromatic heterocycles. The van der Waals surface area contributed by atoms with Gasteiger partial charge in [0.25, 0.3) is 5.56 Å². The van der Waals surface area contributed by atoms with E-state index in [-0.39, 0.29) is 12.1 Å². The van der Waals surface area contributed by atoms with Gasteiger partial charge in [-0.05, 0) is 28.7 Å². The number of halogens is 4. The van der Waals surface area contributed by atoms with Gasteiger partial charge in [-0.1, -0.05) is 0 Å². The van der Waals surface area contributed by atoms with Crippen LogP contribution in [0.1, 0.15) is 5.56 Å². The first kappa shape index (κ1) is 12.3. The summed E-state index contributed by atoms with van der Waals surface area (Å²) in [6.45, 7) is -0.203. The van der Waals surface area contributed by atoms with Crippen molar-refractivity contribution >= 4 is 22.6 Å². The Morgan fingerprint density at radius 3 is 2.60 bits per heavy atom. The molecule has 0 fully saturated rings. The van der Waals surface area contributed by atoms with Crippen LogP contribution in [0, 0.1) is 3.70 Å². The van der Waals surface area contributed by atoms with Gasteiger partial charge in [0.2, 0.25) is 0 Å². The summed E-state index contributed by atoms with van der Waals surface area (Å²) in [5, 5.41) is 0. The zero-order chi connectivity index (χ0) is 11.6. The first-order valence-electron chi connectivity index (χ1n) is 3.71. The van der Waals surface area contributed by atoms with E-state index in [0.717, 1.165) is 0 Å². The van der Waals surface area contributed by atoms with E-state index >= 15 is 0 Å². The Morgan fingerprint density at radius 2 is 2.13 bits per heavy atom. The zero-order valence-corrected chi connectivity index (χ0v) is 9.35. The molecule has 0 unspecified atom stereocenters. The van der Waals surface area contributed by atoms with E-state index in [2.05, 4.69) is 9.72 Å². The second-order valence-corrected chi connectivity index (χ2v) is 3.71. The molecule has 0 aromatic carbocycles. The fourth-order valence-electron chi connectivity index (χ4n) is 0.945. The molecule has 0 spiro atoms. The summed E-state index contributed by atoms with van der Waals surface area (Å²) in [6, 6.07) is 1.32. The van der Waals surface area contributed by atoms with Crippen molar-refractivity contribution in [2.24, 2.45) is 5.73 Å². The van der Waals surface area contributed by atoms with Gasteiger partial charge in [-0.15, -0.1) is 13.2 Å². The number of aromatic amines is 1. The second kappa shape index (κ2) is 4.39. The highest BCUT2D eigenvalue weighted by atomic mass is 127. The molecule has 0 atom stereocenters.